The van der Waals surface area contributed by atoms with E-state index in [9.17, 15) is 4.79 Å². The first-order valence-corrected chi connectivity index (χ1v) is 8.73. The van der Waals surface area contributed by atoms with Crippen molar-refractivity contribution < 1.29 is 9.53 Å². The number of ether oxygens (including phenoxy) is 1. The molecule has 1 aromatic carbocycles. The lowest BCUT2D eigenvalue weighted by atomic mass is 10.1. The number of hydrogen-bond acceptors (Lipinski definition) is 2. The lowest BCUT2D eigenvalue weighted by molar-refractivity contribution is -0.140. The molecule has 0 spiro atoms. The van der Waals surface area contributed by atoms with Crippen molar-refractivity contribution in [2.24, 2.45) is 0 Å². The van der Waals surface area contributed by atoms with Gasteiger partial charge in [-0.25, -0.2) is 10.0 Å². The summed E-state index contributed by atoms with van der Waals surface area (Å²) >= 11 is 0. The van der Waals surface area contributed by atoms with Crippen LogP contribution in [0, 0.1) is 0 Å². The third-order valence-corrected chi connectivity index (χ3v) is 8.66. The maximum atomic E-state index is 12.2. The second-order valence-electron chi connectivity index (χ2n) is 4.29. The summed E-state index contributed by atoms with van der Waals surface area (Å²) in [5.74, 6) is 3.11. The highest BCUT2D eigenvalue weighted by Crippen LogP contribution is 2.59. The normalized spacial score (nSPS) is 14.0. The van der Waals surface area contributed by atoms with E-state index in [1.807, 2.05) is 30.3 Å². The van der Waals surface area contributed by atoms with Gasteiger partial charge in [0.1, 0.15) is 5.25 Å². The number of hydrogen-bond donors (Lipinski definition) is 0. The zero-order valence-corrected chi connectivity index (χ0v) is 12.6. The molecule has 102 valence electrons. The van der Waals surface area contributed by atoms with Gasteiger partial charge in [-0.15, -0.1) is 0 Å². The SMILES string of the molecule is CCS(CC)(CC)C(C(=O)OC)c1ccccc1. The van der Waals surface area contributed by atoms with Gasteiger partial charge in [0.25, 0.3) is 0 Å². The Labute approximate surface area is 112 Å². The van der Waals surface area contributed by atoms with Gasteiger partial charge in [0, 0.05) is 0 Å². The number of carbonyl (C=O) groups excluding carboxylic acids is 1. The maximum absolute atomic E-state index is 12.2. The molecular weight excluding hydrogens is 244 g/mol. The molecule has 1 aromatic rings. The molecule has 0 saturated heterocycles. The van der Waals surface area contributed by atoms with Crippen LogP contribution < -0.4 is 0 Å². The largest absolute Gasteiger partial charge is 0.468 e. The minimum atomic E-state index is -0.990. The minimum Gasteiger partial charge on any atom is -0.468 e. The van der Waals surface area contributed by atoms with E-state index in [2.05, 4.69) is 20.8 Å². The highest BCUT2D eigenvalue weighted by atomic mass is 32.3. The lowest BCUT2D eigenvalue weighted by Gasteiger charge is -2.43. The van der Waals surface area contributed by atoms with Crippen molar-refractivity contribution in [1.29, 1.82) is 0 Å². The van der Waals surface area contributed by atoms with E-state index in [4.69, 9.17) is 4.74 Å². The van der Waals surface area contributed by atoms with Crippen molar-refractivity contribution in [1.82, 2.24) is 0 Å². The zero-order chi connectivity index (χ0) is 13.6. The maximum Gasteiger partial charge on any atom is 0.321 e. The van der Waals surface area contributed by atoms with Gasteiger partial charge in [-0.3, -0.25) is 4.79 Å². The summed E-state index contributed by atoms with van der Waals surface area (Å²) in [6, 6.07) is 10.1. The molecule has 0 aromatic heterocycles. The number of benzene rings is 1. The van der Waals surface area contributed by atoms with Crippen LogP contribution in [0.15, 0.2) is 30.3 Å². The Balaban J connectivity index is 3.25. The summed E-state index contributed by atoms with van der Waals surface area (Å²) in [5, 5.41) is -0.0799. The van der Waals surface area contributed by atoms with E-state index in [-0.39, 0.29) is 11.2 Å². The predicted molar refractivity (Wildman–Crippen MR) is 80.4 cm³/mol. The number of carbonyl (C=O) groups is 1. The second-order valence-corrected chi connectivity index (χ2v) is 8.72. The first kappa shape index (κ1) is 15.1. The lowest BCUT2D eigenvalue weighted by Crippen LogP contribution is -2.25. The molecule has 0 fully saturated rings. The van der Waals surface area contributed by atoms with Crippen LogP contribution >= 0.6 is 10.0 Å². The summed E-state index contributed by atoms with van der Waals surface area (Å²) in [6.45, 7) is 6.59. The molecule has 1 rings (SSSR count). The van der Waals surface area contributed by atoms with Crippen LogP contribution in [0.4, 0.5) is 0 Å². The average Bonchev–Trinajstić information content (AvgIpc) is 2.45. The molecule has 0 N–H and O–H groups in total. The van der Waals surface area contributed by atoms with Crippen molar-refractivity contribution in [3.05, 3.63) is 35.9 Å². The van der Waals surface area contributed by atoms with Gasteiger partial charge >= 0.3 is 5.97 Å². The molecule has 0 aliphatic carbocycles. The Hall–Kier alpha value is -0.960. The average molecular weight is 268 g/mol. The Morgan fingerprint density at radius 2 is 1.61 bits per heavy atom. The van der Waals surface area contributed by atoms with E-state index in [1.54, 1.807) is 0 Å². The fourth-order valence-corrected chi connectivity index (χ4v) is 5.94. The monoisotopic (exact) mass is 268 g/mol. The van der Waals surface area contributed by atoms with Crippen molar-refractivity contribution >= 4 is 16.0 Å². The van der Waals surface area contributed by atoms with Crippen molar-refractivity contribution in [3.63, 3.8) is 0 Å². The van der Waals surface area contributed by atoms with E-state index < -0.39 is 10.0 Å². The molecule has 1 atom stereocenters. The van der Waals surface area contributed by atoms with Crippen LogP contribution in [0.5, 0.6) is 0 Å². The van der Waals surface area contributed by atoms with Gasteiger partial charge in [-0.1, -0.05) is 51.1 Å². The Bertz CT molecular complexity index is 363. The highest BCUT2D eigenvalue weighted by molar-refractivity contribution is 8.34. The Morgan fingerprint density at radius 1 is 1.11 bits per heavy atom. The molecule has 2 nitrogen and oxygen atoms in total. The third kappa shape index (κ3) is 2.89. The Kier molecular flexibility index (Phi) is 5.73. The second kappa shape index (κ2) is 6.83. The minimum absolute atomic E-state index is 0.0799. The summed E-state index contributed by atoms with van der Waals surface area (Å²) in [6.07, 6.45) is 0. The van der Waals surface area contributed by atoms with Crippen molar-refractivity contribution in [2.45, 2.75) is 26.0 Å². The van der Waals surface area contributed by atoms with Crippen LogP contribution in [0.1, 0.15) is 31.6 Å². The van der Waals surface area contributed by atoms with E-state index >= 15 is 0 Å². The molecule has 0 saturated carbocycles. The smallest absolute Gasteiger partial charge is 0.321 e. The van der Waals surface area contributed by atoms with Gasteiger partial charge in [0.05, 0.1) is 7.11 Å². The van der Waals surface area contributed by atoms with E-state index in [0.29, 0.717) is 0 Å². The molecule has 0 amide bonds. The number of methoxy groups -OCH3 is 1. The molecule has 1 unspecified atom stereocenters. The number of rotatable bonds is 6. The van der Waals surface area contributed by atoms with Crippen LogP contribution in [0.25, 0.3) is 0 Å². The van der Waals surface area contributed by atoms with Gasteiger partial charge < -0.3 is 4.74 Å². The standard InChI is InChI=1S/C15H24O2S/c1-5-18(6-2,7-3)14(15(16)17-4)13-11-9-8-10-12-13/h8-12,14H,5-7H2,1-4H3. The van der Waals surface area contributed by atoms with Crippen LogP contribution in [0.2, 0.25) is 0 Å². The quantitative estimate of drug-likeness (QED) is 0.734. The first-order valence-electron chi connectivity index (χ1n) is 6.53. The van der Waals surface area contributed by atoms with Gasteiger partial charge in [-0.2, -0.15) is 0 Å². The van der Waals surface area contributed by atoms with Crippen LogP contribution in [-0.2, 0) is 9.53 Å². The predicted octanol–water partition coefficient (Wildman–Crippen LogP) is 3.77. The molecule has 18 heavy (non-hydrogen) atoms. The molecule has 0 aliphatic rings. The van der Waals surface area contributed by atoms with Crippen molar-refractivity contribution in [2.75, 3.05) is 24.4 Å². The summed E-state index contributed by atoms with van der Waals surface area (Å²) in [5.41, 5.74) is 1.10. The van der Waals surface area contributed by atoms with Crippen LogP contribution in [-0.4, -0.2) is 30.3 Å². The molecule has 0 bridgehead atoms. The number of esters is 1. The highest BCUT2D eigenvalue weighted by Gasteiger charge is 2.36. The topological polar surface area (TPSA) is 26.3 Å². The van der Waals surface area contributed by atoms with Gasteiger partial charge in [-0.05, 0) is 22.8 Å². The van der Waals surface area contributed by atoms with Gasteiger partial charge in [0.15, 0.2) is 0 Å². The summed E-state index contributed by atoms with van der Waals surface area (Å²) in [4.78, 5) is 12.2. The first-order chi connectivity index (χ1) is 8.65. The van der Waals surface area contributed by atoms with E-state index in [0.717, 1.165) is 22.8 Å². The van der Waals surface area contributed by atoms with Crippen LogP contribution in [0.3, 0.4) is 0 Å². The fraction of sp³-hybridized carbons (Fsp3) is 0.533. The fourth-order valence-electron chi connectivity index (χ4n) is 2.48. The summed E-state index contributed by atoms with van der Waals surface area (Å²) < 4.78 is 5.06. The van der Waals surface area contributed by atoms with Gasteiger partial charge in [0.2, 0.25) is 0 Å². The molecule has 0 aliphatic heterocycles. The zero-order valence-electron chi connectivity index (χ0n) is 11.8. The third-order valence-electron chi connectivity index (χ3n) is 3.74. The Morgan fingerprint density at radius 3 is 2.00 bits per heavy atom. The molecule has 3 heteroatoms. The molecular formula is C15H24O2S. The molecule has 0 heterocycles. The molecule has 0 radical (unpaired) electrons. The van der Waals surface area contributed by atoms with Crippen molar-refractivity contribution in [3.8, 4) is 0 Å². The van der Waals surface area contributed by atoms with E-state index in [1.165, 1.54) is 7.11 Å². The summed E-state index contributed by atoms with van der Waals surface area (Å²) in [7, 11) is 0.500.